The first-order valence-electron chi connectivity index (χ1n) is 7.73. The number of phosphoric acid groups is 5. The van der Waals surface area contributed by atoms with Crippen molar-refractivity contribution in [2.24, 2.45) is 0 Å². The van der Waals surface area contributed by atoms with E-state index in [0.717, 1.165) is 71.1 Å². The normalized spacial score (nSPS) is 11.5. The van der Waals surface area contributed by atoms with Gasteiger partial charge in [-0.25, -0.2) is 0 Å². The van der Waals surface area contributed by atoms with Crippen LogP contribution in [0.15, 0.2) is 0 Å². The molecule has 0 saturated carbocycles. The van der Waals surface area contributed by atoms with Crippen molar-refractivity contribution in [3.8, 4) is 0 Å². The summed E-state index contributed by atoms with van der Waals surface area (Å²) in [6.07, 6.45) is 0. The van der Waals surface area contributed by atoms with E-state index in [1.165, 1.54) is 0 Å². The molecule has 0 radical (unpaired) electrons. The van der Waals surface area contributed by atoms with Gasteiger partial charge in [0.25, 0.3) is 39.1 Å². The van der Waals surface area contributed by atoms with Gasteiger partial charge in [0, 0.05) is 71.1 Å². The zero-order valence-corrected chi connectivity index (χ0v) is 28.5. The Morgan fingerprint density at radius 3 is 0.361 bits per heavy atom. The summed E-state index contributed by atoms with van der Waals surface area (Å²) in [5.74, 6) is 0. The smallest absolute Gasteiger partial charge is 0.756 e. The van der Waals surface area contributed by atoms with Crippen LogP contribution >= 0.6 is 39.1 Å². The third-order valence-corrected chi connectivity index (χ3v) is 6.71. The molecule has 0 amide bonds. The Hall–Kier alpha value is 1.29. The van der Waals surface area contributed by atoms with Gasteiger partial charge in [0.05, 0.1) is 0 Å². The van der Waals surface area contributed by atoms with Gasteiger partial charge in [-0.1, -0.05) is 0 Å². The number of rotatable bonds is 10. The second kappa shape index (κ2) is 26.5. The molecule has 220 valence electrons. The predicted molar refractivity (Wildman–Crippen MR) is 108 cm³/mol. The maximum atomic E-state index is 9.95. The van der Waals surface area contributed by atoms with Gasteiger partial charge in [-0.3, -0.25) is 22.8 Å². The second-order valence-electron chi connectivity index (χ2n) is 4.06. The van der Waals surface area contributed by atoms with Crippen LogP contribution < -0.4 is 24.5 Å². The SMILES string of the molecule is COP(=O)([O-])OC.COP(=O)([O-])OC.COP(=O)([O-])OC.COP(=O)([O-])OC.COP(=O)([O-])OC.[Ta+5]. The summed E-state index contributed by atoms with van der Waals surface area (Å²) in [6, 6.07) is 0. The monoisotopic (exact) mass is 806 g/mol. The van der Waals surface area contributed by atoms with Crippen LogP contribution in [-0.2, 0) is 90.4 Å². The van der Waals surface area contributed by atoms with E-state index in [4.69, 9.17) is 0 Å². The Labute approximate surface area is 225 Å². The molecule has 0 saturated heterocycles. The molecule has 20 nitrogen and oxygen atoms in total. The molecule has 0 aromatic heterocycles. The third-order valence-electron chi connectivity index (χ3n) is 2.24. The fourth-order valence-corrected chi connectivity index (χ4v) is 1.12. The number of hydrogen-bond acceptors (Lipinski definition) is 20. The molecule has 0 atom stereocenters. The van der Waals surface area contributed by atoms with Crippen LogP contribution in [0.2, 0.25) is 0 Å². The van der Waals surface area contributed by atoms with E-state index in [1.807, 2.05) is 0 Å². The molecule has 0 aliphatic carbocycles. The molecule has 0 N–H and O–H groups in total. The van der Waals surface area contributed by atoms with Crippen molar-refractivity contribution in [3.05, 3.63) is 0 Å². The molecule has 0 aliphatic heterocycles. The van der Waals surface area contributed by atoms with Crippen molar-refractivity contribution < 1.29 is 115 Å². The van der Waals surface area contributed by atoms with E-state index in [-0.39, 0.29) is 22.4 Å². The Morgan fingerprint density at radius 2 is 0.361 bits per heavy atom. The fourth-order valence-electron chi connectivity index (χ4n) is 0.373. The first-order chi connectivity index (χ1) is 15.6. The van der Waals surface area contributed by atoms with Crippen LogP contribution in [0.3, 0.4) is 0 Å². The summed E-state index contributed by atoms with van der Waals surface area (Å²) in [4.78, 5) is 49.8. The maximum absolute atomic E-state index is 9.95. The molecule has 26 heteroatoms. The summed E-state index contributed by atoms with van der Waals surface area (Å²) in [7, 11) is -9.13. The standard InChI is InChI=1S/5C2H7O4P.Ta/c5*1-5-7(3,4)6-2;/h5*1-2H3,(H,3,4);/q;;;;;+5/p-5. The van der Waals surface area contributed by atoms with Gasteiger partial charge in [0.15, 0.2) is 0 Å². The second-order valence-corrected chi connectivity index (χ2v) is 12.2. The van der Waals surface area contributed by atoms with Gasteiger partial charge in [-0.15, -0.1) is 0 Å². The average Bonchev–Trinajstić information content (AvgIpc) is 2.85. The van der Waals surface area contributed by atoms with Gasteiger partial charge < -0.3 is 69.7 Å². The van der Waals surface area contributed by atoms with Crippen molar-refractivity contribution in [1.82, 2.24) is 0 Å². The molecule has 0 heterocycles. The van der Waals surface area contributed by atoms with Crippen LogP contribution in [0.1, 0.15) is 0 Å². The van der Waals surface area contributed by atoms with E-state index < -0.39 is 39.1 Å². The van der Waals surface area contributed by atoms with Crippen molar-refractivity contribution >= 4 is 39.1 Å². The van der Waals surface area contributed by atoms with E-state index in [9.17, 15) is 47.3 Å². The average molecular weight is 806 g/mol. The molecule has 0 aromatic carbocycles. The van der Waals surface area contributed by atoms with Crippen molar-refractivity contribution in [1.29, 1.82) is 0 Å². The summed E-state index contributed by atoms with van der Waals surface area (Å²) in [5, 5.41) is 0. The van der Waals surface area contributed by atoms with Crippen LogP contribution in [0, 0.1) is 0 Å². The Kier molecular flexibility index (Phi) is 36.9. The first kappa shape index (κ1) is 50.2. The molecule has 0 aromatic rings. The molecule has 36 heavy (non-hydrogen) atoms. The van der Waals surface area contributed by atoms with Gasteiger partial charge >= 0.3 is 22.4 Å². The minimum atomic E-state index is -3.90. The Morgan fingerprint density at radius 1 is 0.306 bits per heavy atom. The van der Waals surface area contributed by atoms with E-state index in [0.29, 0.717) is 0 Å². The van der Waals surface area contributed by atoms with Crippen LogP contribution in [0.5, 0.6) is 0 Å². The molecule has 0 bridgehead atoms. The topological polar surface area (TPSA) is 293 Å². The van der Waals surface area contributed by atoms with Gasteiger partial charge in [-0.2, -0.15) is 0 Å². The van der Waals surface area contributed by atoms with Gasteiger partial charge in [-0.05, 0) is 0 Å². The van der Waals surface area contributed by atoms with Gasteiger partial charge in [0.1, 0.15) is 0 Å². The molecule has 0 fully saturated rings. The minimum absolute atomic E-state index is 0. The van der Waals surface area contributed by atoms with E-state index in [2.05, 4.69) is 45.2 Å². The molecular weight excluding hydrogens is 776 g/mol. The van der Waals surface area contributed by atoms with Crippen LogP contribution in [0.4, 0.5) is 0 Å². The van der Waals surface area contributed by atoms with Crippen molar-refractivity contribution in [2.75, 3.05) is 71.1 Å². The number of hydrogen-bond donors (Lipinski definition) is 0. The van der Waals surface area contributed by atoms with Crippen molar-refractivity contribution in [2.45, 2.75) is 0 Å². The number of phosphoric ester groups is 5. The fraction of sp³-hybridized carbons (Fsp3) is 1.00. The van der Waals surface area contributed by atoms with Crippen LogP contribution in [0.25, 0.3) is 0 Å². The Balaban J connectivity index is -0.0000000776. The quantitative estimate of drug-likeness (QED) is 0.233. The molecule has 0 spiro atoms. The Bertz CT molecular complexity index is 554. The maximum Gasteiger partial charge on any atom is 5.00 e. The van der Waals surface area contributed by atoms with Crippen LogP contribution in [-0.4, -0.2) is 71.1 Å². The molecular formula is C10H30O20P5Ta. The summed E-state index contributed by atoms with van der Waals surface area (Å²) < 4.78 is 88.4. The summed E-state index contributed by atoms with van der Waals surface area (Å²) >= 11 is 0. The predicted octanol–water partition coefficient (Wildman–Crippen LogP) is -1.26. The van der Waals surface area contributed by atoms with Gasteiger partial charge in [0.2, 0.25) is 0 Å². The first-order valence-corrected chi connectivity index (χ1v) is 15.0. The zero-order valence-electron chi connectivity index (χ0n) is 20.8. The largest absolute Gasteiger partial charge is 5.00 e. The molecule has 0 rings (SSSR count). The van der Waals surface area contributed by atoms with E-state index >= 15 is 0 Å². The van der Waals surface area contributed by atoms with Crippen molar-refractivity contribution in [3.63, 3.8) is 0 Å². The summed E-state index contributed by atoms with van der Waals surface area (Å²) in [6.45, 7) is 0. The third kappa shape index (κ3) is 42.4. The van der Waals surface area contributed by atoms with E-state index in [1.54, 1.807) is 0 Å². The zero-order chi connectivity index (χ0) is 29.6. The molecule has 0 aliphatic rings. The summed E-state index contributed by atoms with van der Waals surface area (Å²) in [5.41, 5.74) is 0. The molecule has 0 unspecified atom stereocenters. The minimum Gasteiger partial charge on any atom is -0.756 e.